The third-order valence-corrected chi connectivity index (χ3v) is 7.28. The lowest BCUT2D eigenvalue weighted by molar-refractivity contribution is -0.401. The molecule has 0 saturated heterocycles. The highest BCUT2D eigenvalue weighted by atomic mass is 15.2. The lowest BCUT2D eigenvalue weighted by Gasteiger charge is -2.27. The summed E-state index contributed by atoms with van der Waals surface area (Å²) in [6.45, 7) is 12.7. The molecule has 0 bridgehead atoms. The molecule has 0 aliphatic carbocycles. The summed E-state index contributed by atoms with van der Waals surface area (Å²) in [4.78, 5) is 2.52. The van der Waals surface area contributed by atoms with Gasteiger partial charge in [-0.2, -0.15) is 4.58 Å². The summed E-state index contributed by atoms with van der Waals surface area (Å²) >= 11 is 0. The summed E-state index contributed by atoms with van der Waals surface area (Å²) < 4.78 is 2.38. The molecule has 0 aromatic heterocycles. The zero-order chi connectivity index (χ0) is 21.3. The van der Waals surface area contributed by atoms with Crippen molar-refractivity contribution in [2.45, 2.75) is 45.4 Å². The number of nitrogens with zero attached hydrogens (tertiary/aromatic N) is 2. The first-order valence-electron chi connectivity index (χ1n) is 11.0. The Morgan fingerprint density at radius 2 is 1.57 bits per heavy atom. The SMILES string of the molecule is CCN1/C(=C/C2=[N+](C)c3ccccc3C2(C)C)C(C)(C)c2c1ccc1ccccc21. The van der Waals surface area contributed by atoms with Gasteiger partial charge in [-0.05, 0) is 43.2 Å². The Hall–Kier alpha value is -2.87. The van der Waals surface area contributed by atoms with Crippen LogP contribution in [0.3, 0.4) is 0 Å². The van der Waals surface area contributed by atoms with Crippen molar-refractivity contribution in [3.05, 3.63) is 83.6 Å². The molecule has 0 radical (unpaired) electrons. The normalized spacial score (nSPS) is 20.2. The average molecular weight is 396 g/mol. The second-order valence-electron chi connectivity index (χ2n) is 9.67. The largest absolute Gasteiger partial charge is 0.344 e. The van der Waals surface area contributed by atoms with Crippen molar-refractivity contribution in [3.63, 3.8) is 0 Å². The van der Waals surface area contributed by atoms with E-state index in [-0.39, 0.29) is 10.8 Å². The highest BCUT2D eigenvalue weighted by molar-refractivity contribution is 6.05. The van der Waals surface area contributed by atoms with E-state index in [0.29, 0.717) is 0 Å². The molecule has 30 heavy (non-hydrogen) atoms. The predicted molar refractivity (Wildman–Crippen MR) is 128 cm³/mol. The second kappa shape index (κ2) is 6.31. The van der Waals surface area contributed by atoms with Gasteiger partial charge in [-0.1, -0.05) is 62.4 Å². The quantitative estimate of drug-likeness (QED) is 0.446. The predicted octanol–water partition coefficient (Wildman–Crippen LogP) is 6.55. The maximum atomic E-state index is 2.52. The molecule has 152 valence electrons. The Bertz CT molecular complexity index is 1240. The van der Waals surface area contributed by atoms with Crippen LogP contribution >= 0.6 is 0 Å². The Balaban J connectivity index is 1.75. The molecule has 0 saturated carbocycles. The van der Waals surface area contributed by atoms with Crippen LogP contribution in [0.25, 0.3) is 10.8 Å². The van der Waals surface area contributed by atoms with Gasteiger partial charge in [0.05, 0.1) is 5.41 Å². The van der Waals surface area contributed by atoms with Crippen molar-refractivity contribution in [3.8, 4) is 0 Å². The first-order valence-corrected chi connectivity index (χ1v) is 11.0. The monoisotopic (exact) mass is 395 g/mol. The summed E-state index contributed by atoms with van der Waals surface area (Å²) in [6, 6.07) is 22.2. The maximum Gasteiger partial charge on any atom is 0.209 e. The molecule has 3 aromatic carbocycles. The lowest BCUT2D eigenvalue weighted by atomic mass is 9.77. The highest BCUT2D eigenvalue weighted by Crippen LogP contribution is 2.51. The number of hydrogen-bond acceptors (Lipinski definition) is 1. The van der Waals surface area contributed by atoms with Gasteiger partial charge >= 0.3 is 0 Å². The highest BCUT2D eigenvalue weighted by Gasteiger charge is 2.46. The molecular weight excluding hydrogens is 364 g/mol. The van der Waals surface area contributed by atoms with Gasteiger partial charge in [0.1, 0.15) is 7.05 Å². The van der Waals surface area contributed by atoms with E-state index in [2.05, 4.69) is 118 Å². The minimum atomic E-state index is -0.0646. The van der Waals surface area contributed by atoms with Gasteiger partial charge in [-0.15, -0.1) is 0 Å². The number of likely N-dealkylation sites (N-methyl/N-ethyl adjacent to an activating group) is 1. The fourth-order valence-electron chi connectivity index (χ4n) is 5.72. The van der Waals surface area contributed by atoms with E-state index in [4.69, 9.17) is 0 Å². The number of allylic oxidation sites excluding steroid dienone is 2. The first kappa shape index (κ1) is 19.1. The van der Waals surface area contributed by atoms with Crippen LogP contribution in [0, 0.1) is 0 Å². The van der Waals surface area contributed by atoms with Crippen molar-refractivity contribution in [1.82, 2.24) is 0 Å². The molecule has 2 aliphatic rings. The van der Waals surface area contributed by atoms with E-state index in [1.54, 1.807) is 0 Å². The Labute approximate surface area is 180 Å². The van der Waals surface area contributed by atoms with E-state index in [1.807, 2.05) is 0 Å². The van der Waals surface area contributed by atoms with Crippen LogP contribution in [0.5, 0.6) is 0 Å². The van der Waals surface area contributed by atoms with Crippen LogP contribution in [0.1, 0.15) is 45.7 Å². The molecule has 0 N–H and O–H groups in total. The smallest absolute Gasteiger partial charge is 0.209 e. The lowest BCUT2D eigenvalue weighted by Crippen LogP contribution is -2.32. The van der Waals surface area contributed by atoms with Crippen molar-refractivity contribution in [2.75, 3.05) is 18.5 Å². The number of benzene rings is 3. The summed E-state index contributed by atoms with van der Waals surface area (Å²) in [5.41, 5.74) is 8.18. The Morgan fingerprint density at radius 1 is 0.867 bits per heavy atom. The molecule has 3 aromatic rings. The van der Waals surface area contributed by atoms with Gasteiger partial charge in [0.15, 0.2) is 5.71 Å². The molecule has 0 atom stereocenters. The van der Waals surface area contributed by atoms with E-state index >= 15 is 0 Å². The maximum absolute atomic E-state index is 2.52. The fraction of sp³-hybridized carbons (Fsp3) is 0.321. The molecule has 0 amide bonds. The van der Waals surface area contributed by atoms with Gasteiger partial charge in [-0.3, -0.25) is 0 Å². The van der Waals surface area contributed by atoms with Crippen molar-refractivity contribution in [2.24, 2.45) is 0 Å². The number of rotatable bonds is 2. The molecule has 0 fully saturated rings. The number of anilines is 1. The summed E-state index contributed by atoms with van der Waals surface area (Å²) in [6.07, 6.45) is 2.47. The molecular formula is C28H31N2+. The second-order valence-corrected chi connectivity index (χ2v) is 9.67. The molecule has 2 heterocycles. The summed E-state index contributed by atoms with van der Waals surface area (Å²) in [7, 11) is 2.21. The molecule has 2 heteroatoms. The van der Waals surface area contributed by atoms with Crippen LogP contribution in [0.2, 0.25) is 0 Å². The molecule has 2 nitrogen and oxygen atoms in total. The minimum Gasteiger partial charge on any atom is -0.344 e. The van der Waals surface area contributed by atoms with Crippen LogP contribution in [-0.4, -0.2) is 23.9 Å². The van der Waals surface area contributed by atoms with Crippen LogP contribution < -0.4 is 4.90 Å². The van der Waals surface area contributed by atoms with Gasteiger partial charge in [0.25, 0.3) is 0 Å². The summed E-state index contributed by atoms with van der Waals surface area (Å²) in [5.74, 6) is 0. The van der Waals surface area contributed by atoms with E-state index in [9.17, 15) is 0 Å². The van der Waals surface area contributed by atoms with Crippen LogP contribution in [0.15, 0.2) is 72.4 Å². The standard InChI is InChI=1S/C28H31N2/c1-7-30-23-17-16-19-12-8-9-13-20(19)26(23)28(4,5)25(30)18-24-27(2,3)21-14-10-11-15-22(21)29(24)6/h8-18H,7H2,1-6H3/q+1. The molecule has 0 unspecified atom stereocenters. The zero-order valence-corrected chi connectivity index (χ0v) is 19.0. The zero-order valence-electron chi connectivity index (χ0n) is 19.0. The van der Waals surface area contributed by atoms with Crippen LogP contribution in [0.4, 0.5) is 11.4 Å². The number of hydrogen-bond donors (Lipinski definition) is 0. The fourth-order valence-corrected chi connectivity index (χ4v) is 5.72. The molecule has 0 spiro atoms. The van der Waals surface area contributed by atoms with Crippen LogP contribution in [-0.2, 0) is 10.8 Å². The summed E-state index contributed by atoms with van der Waals surface area (Å²) in [5, 5.41) is 2.69. The Morgan fingerprint density at radius 3 is 2.30 bits per heavy atom. The van der Waals surface area contributed by atoms with E-state index in [1.165, 1.54) is 44.7 Å². The first-order chi connectivity index (χ1) is 14.3. The number of para-hydroxylation sites is 1. The van der Waals surface area contributed by atoms with E-state index in [0.717, 1.165) is 6.54 Å². The minimum absolute atomic E-state index is 0.0231. The number of fused-ring (bicyclic) bond motifs is 4. The topological polar surface area (TPSA) is 6.25 Å². The van der Waals surface area contributed by atoms with Crippen molar-refractivity contribution in [1.29, 1.82) is 0 Å². The van der Waals surface area contributed by atoms with Gasteiger partial charge in [-0.25, -0.2) is 0 Å². The van der Waals surface area contributed by atoms with Gasteiger partial charge in [0, 0.05) is 41.1 Å². The van der Waals surface area contributed by atoms with Crippen molar-refractivity contribution < 1.29 is 4.58 Å². The third kappa shape index (κ3) is 2.40. The van der Waals surface area contributed by atoms with Gasteiger partial charge in [0.2, 0.25) is 5.69 Å². The van der Waals surface area contributed by atoms with E-state index < -0.39 is 0 Å². The third-order valence-electron chi connectivity index (χ3n) is 7.28. The average Bonchev–Trinajstić information content (AvgIpc) is 3.08. The Kier molecular flexibility index (Phi) is 4.02. The van der Waals surface area contributed by atoms with Gasteiger partial charge < -0.3 is 4.90 Å². The van der Waals surface area contributed by atoms with Crippen molar-refractivity contribution >= 4 is 27.9 Å². The molecule has 2 aliphatic heterocycles. The molecule has 5 rings (SSSR count).